The summed E-state index contributed by atoms with van der Waals surface area (Å²) >= 11 is 0. The predicted octanol–water partition coefficient (Wildman–Crippen LogP) is 24.5. The van der Waals surface area contributed by atoms with Gasteiger partial charge in [-0.1, -0.05) is 285 Å². The minimum Gasteiger partial charge on any atom is -0.457 e. The van der Waals surface area contributed by atoms with Crippen molar-refractivity contribution < 1.29 is 15.7 Å². The molecule has 0 unspecified atom stereocenters. The molecule has 510 valence electrons. The van der Waals surface area contributed by atoms with Crippen molar-refractivity contribution in [1.29, 1.82) is 0 Å². The molecule has 2 aromatic heterocycles. The smallest absolute Gasteiger partial charge is 0.247 e. The highest BCUT2D eigenvalue weighted by Gasteiger charge is 2.55. The highest BCUT2D eigenvalue weighted by molar-refractivity contribution is 6.99. The fourth-order valence-electron chi connectivity index (χ4n) is 17.1. The van der Waals surface area contributed by atoms with Gasteiger partial charge in [-0.3, -0.25) is 0 Å². The van der Waals surface area contributed by atoms with Gasteiger partial charge < -0.3 is 18.8 Å². The number of anilines is 3. The fourth-order valence-corrected chi connectivity index (χ4v) is 17.1. The minimum absolute atomic E-state index is 0.0108. The summed E-state index contributed by atoms with van der Waals surface area (Å²) in [6, 6.07) is 79.6. The van der Waals surface area contributed by atoms with Crippen LogP contribution in [0.1, 0.15) is 165 Å². The van der Waals surface area contributed by atoms with E-state index in [1.807, 2.05) is 6.07 Å². The fraction of sp³-hybridized carbons (Fsp3) is 0.212. The Hall–Kier alpha value is -10.9. The molecule has 0 saturated heterocycles. The standard InChI is InChI=1S/C99H90BN3O/c1-94(2,3)65-42-48-86-76(55-65)77-56-66(95(4,5)6)43-49-87(77)101(86)70-44-46-82-80(59-70)99(78-36-24-28-40-90(78)104-91-41-29-25-37-79(91)99)81-52-64(63-50-67(96(7,8)9)54-68(51-63)97(10,11)12)53-89-92(81)100(82)83-47-45-71(102-84-38-26-22-34-72(84)73-35-23-27-39-85(73)102)60-88(83)103(89)93-74(61-30-18-16-19-31-61)57-69(98(13,14)15)58-75(93)62-32-20-17-21-33-62/h16-60H,1-15H3/i22D,23D,26D,27D,34D,35D,38D,39D. The van der Waals surface area contributed by atoms with Crippen LogP contribution in [-0.4, -0.2) is 15.8 Å². The van der Waals surface area contributed by atoms with Crippen LogP contribution >= 0.6 is 0 Å². The first kappa shape index (κ1) is 56.6. The summed E-state index contributed by atoms with van der Waals surface area (Å²) in [7, 11) is 0. The Balaban J connectivity index is 1.08. The highest BCUT2D eigenvalue weighted by Crippen LogP contribution is 2.60. The number of para-hydroxylation sites is 4. The Morgan fingerprint density at radius 2 is 0.769 bits per heavy atom. The van der Waals surface area contributed by atoms with Crippen LogP contribution in [0.5, 0.6) is 11.5 Å². The molecule has 5 heteroatoms. The summed E-state index contributed by atoms with van der Waals surface area (Å²) in [6.45, 7) is 33.8. The van der Waals surface area contributed by atoms with Gasteiger partial charge in [0.2, 0.25) is 6.71 Å². The molecule has 0 atom stereocenters. The third kappa shape index (κ3) is 10.1. The third-order valence-electron chi connectivity index (χ3n) is 22.6. The summed E-state index contributed by atoms with van der Waals surface area (Å²) in [6.07, 6.45) is 0. The van der Waals surface area contributed by atoms with Crippen molar-refractivity contribution in [2.45, 2.75) is 136 Å². The molecule has 0 aliphatic carbocycles. The van der Waals surface area contributed by atoms with Gasteiger partial charge in [-0.15, -0.1) is 0 Å². The minimum atomic E-state index is -1.11. The summed E-state index contributed by atoms with van der Waals surface area (Å²) in [5, 5.41) is 2.39. The van der Waals surface area contributed by atoms with Gasteiger partial charge in [-0.25, -0.2) is 0 Å². The van der Waals surface area contributed by atoms with E-state index in [1.54, 1.807) is 4.57 Å². The van der Waals surface area contributed by atoms with E-state index in [9.17, 15) is 8.22 Å². The van der Waals surface area contributed by atoms with E-state index in [-0.39, 0.29) is 61.0 Å². The molecule has 0 amide bonds. The molecule has 104 heavy (non-hydrogen) atoms. The lowest BCUT2D eigenvalue weighted by Gasteiger charge is -2.51. The summed E-state index contributed by atoms with van der Waals surface area (Å²) in [5.74, 6) is 1.49. The van der Waals surface area contributed by atoms with Gasteiger partial charge in [0.25, 0.3) is 0 Å². The van der Waals surface area contributed by atoms with Gasteiger partial charge in [-0.2, -0.15) is 0 Å². The van der Waals surface area contributed by atoms with Gasteiger partial charge >= 0.3 is 0 Å². The van der Waals surface area contributed by atoms with E-state index in [4.69, 9.17) is 7.48 Å². The first-order chi connectivity index (χ1) is 53.0. The monoisotopic (exact) mass is 1360 g/mol. The average Bonchev–Trinajstić information content (AvgIpc) is 0.780. The molecule has 3 aliphatic heterocycles. The normalized spacial score (nSPS) is 15.1. The van der Waals surface area contributed by atoms with E-state index in [0.29, 0.717) is 5.69 Å². The van der Waals surface area contributed by atoms with Gasteiger partial charge in [0, 0.05) is 66.5 Å². The van der Waals surface area contributed by atoms with E-state index in [0.717, 1.165) is 123 Å². The molecular weight excluding hydrogens is 1260 g/mol. The van der Waals surface area contributed by atoms with E-state index in [2.05, 4.69) is 332 Å². The molecule has 4 nitrogen and oxygen atoms in total. The Kier molecular flexibility index (Phi) is 12.6. The molecular formula is C99H90BN3O. The van der Waals surface area contributed by atoms with Crippen LogP contribution in [0.25, 0.3) is 88.4 Å². The zero-order valence-electron chi connectivity index (χ0n) is 70.2. The Morgan fingerprint density at radius 1 is 0.327 bits per heavy atom. The van der Waals surface area contributed by atoms with Crippen LogP contribution < -0.4 is 26.0 Å². The van der Waals surface area contributed by atoms with E-state index >= 15 is 0 Å². The SMILES string of the molecule is [2H]c1c([2H])c([2H])c2c(c1[2H])c1c([2H])c([2H])c([2H])c([2H])c1n2-c1ccc2c(c1)N(c1c(-c3ccccc3)cc(C(C)(C)C)cc1-c1ccccc1)c1cc(-c3cc(C(C)(C)C)cc(C(C)(C)C)c3)cc3c1B2c1ccc(-n2c4ccc(C(C)(C)C)cc4c4cc(C(C)(C)C)ccc42)cc1C31c2ccccc2Oc2ccccc21. The van der Waals surface area contributed by atoms with Crippen LogP contribution in [0.4, 0.5) is 17.1 Å². The lowest BCUT2D eigenvalue weighted by molar-refractivity contribution is 0.435. The lowest BCUT2D eigenvalue weighted by atomic mass is 9.29. The molecule has 0 N–H and O–H groups in total. The van der Waals surface area contributed by atoms with Crippen LogP contribution in [0.15, 0.2) is 273 Å². The van der Waals surface area contributed by atoms with Crippen molar-refractivity contribution in [1.82, 2.24) is 9.13 Å². The molecule has 0 fully saturated rings. The first-order valence-corrected chi connectivity index (χ1v) is 36.8. The zero-order chi connectivity index (χ0) is 78.9. The second kappa shape index (κ2) is 23.1. The summed E-state index contributed by atoms with van der Waals surface area (Å²) in [5.41, 5.74) is 23.2. The van der Waals surface area contributed by atoms with E-state index < -0.39 is 48.4 Å². The summed E-state index contributed by atoms with van der Waals surface area (Å²) in [4.78, 5) is 2.49. The van der Waals surface area contributed by atoms with Gasteiger partial charge in [-0.05, 0) is 196 Å². The predicted molar refractivity (Wildman–Crippen MR) is 443 cm³/mol. The second-order valence-corrected chi connectivity index (χ2v) is 34.4. The van der Waals surface area contributed by atoms with Crippen molar-refractivity contribution in [2.75, 3.05) is 4.90 Å². The Bertz CT molecular complexity index is 6270. The maximum Gasteiger partial charge on any atom is 0.247 e. The number of rotatable bonds is 6. The van der Waals surface area contributed by atoms with Gasteiger partial charge in [0.05, 0.1) is 44.1 Å². The van der Waals surface area contributed by atoms with Crippen molar-refractivity contribution in [3.8, 4) is 56.3 Å². The topological polar surface area (TPSA) is 22.3 Å². The van der Waals surface area contributed by atoms with E-state index in [1.165, 1.54) is 33.0 Å². The molecule has 1 spiro atoms. The number of ether oxygens (including phenoxy) is 1. The largest absolute Gasteiger partial charge is 0.457 e. The number of fused-ring (bicyclic) bond motifs is 16. The zero-order valence-corrected chi connectivity index (χ0v) is 62.2. The molecule has 0 bridgehead atoms. The molecule has 13 aromatic carbocycles. The molecule has 15 aromatic rings. The van der Waals surface area contributed by atoms with Crippen molar-refractivity contribution >= 4 is 83.8 Å². The van der Waals surface area contributed by atoms with Crippen LogP contribution in [-0.2, 0) is 32.5 Å². The van der Waals surface area contributed by atoms with Gasteiger partial charge in [0.15, 0.2) is 0 Å². The molecule has 0 saturated carbocycles. The van der Waals surface area contributed by atoms with Crippen molar-refractivity contribution in [3.63, 3.8) is 0 Å². The number of benzene rings is 13. The maximum absolute atomic E-state index is 9.93. The van der Waals surface area contributed by atoms with Crippen molar-refractivity contribution in [3.05, 3.63) is 323 Å². The molecule has 0 radical (unpaired) electrons. The third-order valence-corrected chi connectivity index (χ3v) is 22.6. The molecule has 5 heterocycles. The van der Waals surface area contributed by atoms with Crippen LogP contribution in [0, 0.1) is 0 Å². The van der Waals surface area contributed by atoms with Crippen LogP contribution in [0.3, 0.4) is 0 Å². The molecule has 18 rings (SSSR count). The number of aromatic nitrogens is 2. The Morgan fingerprint density at radius 3 is 1.28 bits per heavy atom. The van der Waals surface area contributed by atoms with Crippen LogP contribution in [0.2, 0.25) is 0 Å². The molecule has 3 aliphatic rings. The Labute approximate surface area is 625 Å². The van der Waals surface area contributed by atoms with Gasteiger partial charge in [0.1, 0.15) is 11.5 Å². The lowest BCUT2D eigenvalue weighted by Crippen LogP contribution is -2.65. The highest BCUT2D eigenvalue weighted by atomic mass is 16.5. The first-order valence-electron chi connectivity index (χ1n) is 40.8. The quantitative estimate of drug-likeness (QED) is 0.155. The number of hydrogen-bond donors (Lipinski definition) is 0. The number of hydrogen-bond acceptors (Lipinski definition) is 2. The summed E-state index contributed by atoms with van der Waals surface area (Å²) < 4.78 is 87.6. The number of nitrogens with zero attached hydrogens (tertiary/aromatic N) is 3. The maximum atomic E-state index is 9.93. The average molecular weight is 1360 g/mol. The van der Waals surface area contributed by atoms with Crippen molar-refractivity contribution in [2.24, 2.45) is 0 Å². The second-order valence-electron chi connectivity index (χ2n) is 34.4.